The molecule has 0 saturated heterocycles. The Morgan fingerprint density at radius 2 is 2.14 bits per heavy atom. The number of amides is 1. The molecule has 0 aromatic carbocycles. The van der Waals surface area contributed by atoms with Crippen molar-refractivity contribution in [2.75, 3.05) is 0 Å². The second-order valence-corrected chi connectivity index (χ2v) is 3.87. The van der Waals surface area contributed by atoms with Gasteiger partial charge in [0.15, 0.2) is 0 Å². The van der Waals surface area contributed by atoms with Crippen molar-refractivity contribution < 1.29 is 9.90 Å². The number of nitrogens with one attached hydrogen (secondary N) is 1. The van der Waals surface area contributed by atoms with E-state index in [1.165, 1.54) is 0 Å². The molecule has 0 heterocycles. The maximum absolute atomic E-state index is 11.1. The fraction of sp³-hybridized carbons (Fsp3) is 0.700. The molecule has 0 fully saturated rings. The molecule has 4 nitrogen and oxygen atoms in total. The molecule has 0 spiro atoms. The van der Waals surface area contributed by atoms with Crippen molar-refractivity contribution in [2.24, 2.45) is 5.84 Å². The predicted octanol–water partition coefficient (Wildman–Crippen LogP) is 0.618. The van der Waals surface area contributed by atoms with Gasteiger partial charge in [0.25, 0.3) is 0 Å². The Balaban J connectivity index is 2.52. The standard InChI is InChI=1S/C10H18N2O2/c11-12-9(13)8-10(14)6-4-2-1-3-5-7-10/h1-2,14H,3-8,11H2,(H,12,13)/b2-1-. The van der Waals surface area contributed by atoms with Crippen molar-refractivity contribution in [1.29, 1.82) is 0 Å². The summed E-state index contributed by atoms with van der Waals surface area (Å²) < 4.78 is 0. The third-order valence-electron chi connectivity index (χ3n) is 2.61. The number of hydrazine groups is 1. The van der Waals surface area contributed by atoms with E-state index in [1.54, 1.807) is 0 Å². The molecule has 14 heavy (non-hydrogen) atoms. The highest BCUT2D eigenvalue weighted by molar-refractivity contribution is 5.76. The van der Waals surface area contributed by atoms with Gasteiger partial charge in [0.05, 0.1) is 12.0 Å². The lowest BCUT2D eigenvalue weighted by molar-refractivity contribution is -0.126. The van der Waals surface area contributed by atoms with Crippen LogP contribution in [0.4, 0.5) is 0 Å². The minimum Gasteiger partial charge on any atom is -0.389 e. The Kier molecular flexibility index (Phi) is 4.10. The zero-order chi connectivity index (χ0) is 10.4. The Hall–Kier alpha value is -0.870. The van der Waals surface area contributed by atoms with E-state index >= 15 is 0 Å². The van der Waals surface area contributed by atoms with Crippen LogP contribution in [-0.4, -0.2) is 16.6 Å². The second kappa shape index (κ2) is 5.12. The van der Waals surface area contributed by atoms with E-state index in [2.05, 4.69) is 17.6 Å². The lowest BCUT2D eigenvalue weighted by Gasteiger charge is -2.27. The van der Waals surface area contributed by atoms with Crippen molar-refractivity contribution in [3.63, 3.8) is 0 Å². The van der Waals surface area contributed by atoms with E-state index in [0.717, 1.165) is 19.3 Å². The lowest BCUT2D eigenvalue weighted by Crippen LogP contribution is -2.39. The van der Waals surface area contributed by atoms with Crippen LogP contribution in [-0.2, 0) is 4.79 Å². The monoisotopic (exact) mass is 198 g/mol. The lowest BCUT2D eigenvalue weighted by atomic mass is 9.86. The van der Waals surface area contributed by atoms with Gasteiger partial charge in [-0.2, -0.15) is 0 Å². The molecule has 1 aliphatic carbocycles. The predicted molar refractivity (Wildman–Crippen MR) is 54.1 cm³/mol. The van der Waals surface area contributed by atoms with Gasteiger partial charge in [0.2, 0.25) is 5.91 Å². The summed E-state index contributed by atoms with van der Waals surface area (Å²) in [7, 11) is 0. The number of rotatable bonds is 2. The Bertz CT molecular complexity index is 228. The zero-order valence-corrected chi connectivity index (χ0v) is 8.33. The Morgan fingerprint density at radius 1 is 1.43 bits per heavy atom. The molecule has 4 heteroatoms. The van der Waals surface area contributed by atoms with Crippen molar-refractivity contribution in [3.05, 3.63) is 12.2 Å². The van der Waals surface area contributed by atoms with E-state index in [-0.39, 0.29) is 12.3 Å². The quantitative estimate of drug-likeness (QED) is 0.263. The topological polar surface area (TPSA) is 75.3 Å². The first-order chi connectivity index (χ1) is 6.66. The zero-order valence-electron chi connectivity index (χ0n) is 8.33. The van der Waals surface area contributed by atoms with Crippen LogP contribution in [0, 0.1) is 0 Å². The van der Waals surface area contributed by atoms with Crippen LogP contribution in [0.15, 0.2) is 12.2 Å². The van der Waals surface area contributed by atoms with E-state index < -0.39 is 5.60 Å². The van der Waals surface area contributed by atoms with Crippen LogP contribution >= 0.6 is 0 Å². The summed E-state index contributed by atoms with van der Waals surface area (Å²) >= 11 is 0. The molecule has 1 amide bonds. The number of hydrogen-bond donors (Lipinski definition) is 3. The molecule has 4 N–H and O–H groups in total. The van der Waals surface area contributed by atoms with Crippen LogP contribution in [0.1, 0.15) is 38.5 Å². The summed E-state index contributed by atoms with van der Waals surface area (Å²) in [5.74, 6) is 4.70. The average molecular weight is 198 g/mol. The summed E-state index contributed by atoms with van der Waals surface area (Å²) in [5.41, 5.74) is 1.19. The maximum Gasteiger partial charge on any atom is 0.236 e. The van der Waals surface area contributed by atoms with Gasteiger partial charge >= 0.3 is 0 Å². The van der Waals surface area contributed by atoms with E-state index in [9.17, 15) is 9.90 Å². The van der Waals surface area contributed by atoms with Crippen LogP contribution in [0.2, 0.25) is 0 Å². The number of allylic oxidation sites excluding steroid dienone is 2. The summed E-state index contributed by atoms with van der Waals surface area (Å²) in [5, 5.41) is 10.1. The molecule has 0 saturated carbocycles. The first-order valence-corrected chi connectivity index (χ1v) is 5.03. The van der Waals surface area contributed by atoms with Gasteiger partial charge in [-0.1, -0.05) is 12.2 Å². The maximum atomic E-state index is 11.1. The highest BCUT2D eigenvalue weighted by Gasteiger charge is 2.28. The van der Waals surface area contributed by atoms with Gasteiger partial charge in [0.1, 0.15) is 0 Å². The molecule has 80 valence electrons. The number of nitrogens with two attached hydrogens (primary N) is 1. The third kappa shape index (κ3) is 3.47. The van der Waals surface area contributed by atoms with Crippen molar-refractivity contribution in [3.8, 4) is 0 Å². The Labute approximate surface area is 84.1 Å². The fourth-order valence-corrected chi connectivity index (χ4v) is 1.79. The SMILES string of the molecule is NNC(=O)CC1(O)CC/C=C\CCC1. The minimum absolute atomic E-state index is 0.108. The number of carbonyl (C=O) groups excluding carboxylic acids is 1. The molecule has 0 aromatic heterocycles. The first-order valence-electron chi connectivity index (χ1n) is 5.03. The minimum atomic E-state index is -0.867. The normalized spacial score (nSPS) is 30.1. The number of hydrogen-bond acceptors (Lipinski definition) is 3. The molecule has 0 radical (unpaired) electrons. The first kappa shape index (κ1) is 11.2. The van der Waals surface area contributed by atoms with Crippen molar-refractivity contribution in [1.82, 2.24) is 5.43 Å². The molecular formula is C10H18N2O2. The molecule has 0 bridgehead atoms. The summed E-state index contributed by atoms with van der Waals surface area (Å²) in [4.78, 5) is 11.1. The van der Waals surface area contributed by atoms with Gasteiger partial charge in [-0.25, -0.2) is 5.84 Å². The molecular weight excluding hydrogens is 180 g/mol. The fourth-order valence-electron chi connectivity index (χ4n) is 1.79. The summed E-state index contributed by atoms with van der Waals surface area (Å²) in [6.45, 7) is 0. The second-order valence-electron chi connectivity index (χ2n) is 3.87. The third-order valence-corrected chi connectivity index (χ3v) is 2.61. The van der Waals surface area contributed by atoms with Crippen molar-refractivity contribution in [2.45, 2.75) is 44.1 Å². The average Bonchev–Trinajstić information content (AvgIpc) is 2.12. The summed E-state index contributed by atoms with van der Waals surface area (Å²) in [6, 6.07) is 0. The highest BCUT2D eigenvalue weighted by Crippen LogP contribution is 2.26. The summed E-state index contributed by atoms with van der Waals surface area (Å²) in [6.07, 6.45) is 8.33. The Morgan fingerprint density at radius 3 is 2.86 bits per heavy atom. The molecule has 1 unspecified atom stereocenters. The smallest absolute Gasteiger partial charge is 0.236 e. The van der Waals surface area contributed by atoms with Gasteiger partial charge in [-0.3, -0.25) is 10.2 Å². The van der Waals surface area contributed by atoms with Gasteiger partial charge in [-0.05, 0) is 32.1 Å². The number of aliphatic hydroxyl groups is 1. The molecule has 1 rings (SSSR count). The van der Waals surface area contributed by atoms with Crippen LogP contribution in [0.3, 0.4) is 0 Å². The largest absolute Gasteiger partial charge is 0.389 e. The highest BCUT2D eigenvalue weighted by atomic mass is 16.3. The van der Waals surface area contributed by atoms with Crippen LogP contribution < -0.4 is 11.3 Å². The van der Waals surface area contributed by atoms with Gasteiger partial charge in [-0.15, -0.1) is 0 Å². The van der Waals surface area contributed by atoms with E-state index in [0.29, 0.717) is 12.8 Å². The van der Waals surface area contributed by atoms with Gasteiger partial charge < -0.3 is 5.11 Å². The molecule has 0 aromatic rings. The molecule has 1 atom stereocenters. The van der Waals surface area contributed by atoms with Crippen molar-refractivity contribution >= 4 is 5.91 Å². The van der Waals surface area contributed by atoms with Crippen LogP contribution in [0.5, 0.6) is 0 Å². The van der Waals surface area contributed by atoms with Crippen LogP contribution in [0.25, 0.3) is 0 Å². The number of carbonyl (C=O) groups is 1. The molecule has 1 aliphatic rings. The van der Waals surface area contributed by atoms with E-state index in [1.807, 2.05) is 0 Å². The van der Waals surface area contributed by atoms with Gasteiger partial charge in [0, 0.05) is 0 Å². The molecule has 0 aliphatic heterocycles. The van der Waals surface area contributed by atoms with E-state index in [4.69, 9.17) is 5.84 Å².